The van der Waals surface area contributed by atoms with E-state index in [1.807, 2.05) is 18.2 Å². The van der Waals surface area contributed by atoms with Gasteiger partial charge in [-0.1, -0.05) is 57.0 Å². The number of likely N-dealkylation sites (tertiary alicyclic amines) is 1. The summed E-state index contributed by atoms with van der Waals surface area (Å²) >= 11 is 0. The van der Waals surface area contributed by atoms with Crippen molar-refractivity contribution in [1.82, 2.24) is 10.2 Å². The molecule has 1 aromatic rings. The van der Waals surface area contributed by atoms with Crippen LogP contribution in [0.5, 0.6) is 0 Å². The average molecular weight is 304 g/mol. The molecule has 1 aliphatic heterocycles. The van der Waals surface area contributed by atoms with E-state index in [0.717, 1.165) is 37.8 Å². The highest BCUT2D eigenvalue weighted by atomic mass is 16.3. The second kappa shape index (κ2) is 8.18. The monoisotopic (exact) mass is 304 g/mol. The lowest BCUT2D eigenvalue weighted by Crippen LogP contribution is -2.46. The van der Waals surface area contributed by atoms with Gasteiger partial charge in [0.2, 0.25) is 0 Å². The molecule has 0 bridgehead atoms. The van der Waals surface area contributed by atoms with Gasteiger partial charge in [0.15, 0.2) is 0 Å². The number of carbonyl (C=O) groups excluding carboxylic acids is 1. The maximum Gasteiger partial charge on any atom is 0.318 e. The predicted octanol–water partition coefficient (Wildman–Crippen LogP) is 3.33. The Bertz CT molecular complexity index is 459. The van der Waals surface area contributed by atoms with Crippen molar-refractivity contribution in [2.75, 3.05) is 13.2 Å². The van der Waals surface area contributed by atoms with E-state index in [0.29, 0.717) is 5.92 Å². The molecule has 122 valence electrons. The Labute approximate surface area is 133 Å². The summed E-state index contributed by atoms with van der Waals surface area (Å²) in [6.07, 6.45) is 3.92. The van der Waals surface area contributed by atoms with Gasteiger partial charge in [-0.05, 0) is 24.3 Å². The van der Waals surface area contributed by atoms with Gasteiger partial charge >= 0.3 is 6.03 Å². The van der Waals surface area contributed by atoms with E-state index < -0.39 is 0 Å². The van der Waals surface area contributed by atoms with Crippen molar-refractivity contribution in [3.8, 4) is 0 Å². The van der Waals surface area contributed by atoms with Crippen molar-refractivity contribution in [2.24, 2.45) is 5.92 Å². The van der Waals surface area contributed by atoms with E-state index in [4.69, 9.17) is 0 Å². The topological polar surface area (TPSA) is 52.6 Å². The van der Waals surface area contributed by atoms with E-state index >= 15 is 0 Å². The molecule has 0 aromatic heterocycles. The quantitative estimate of drug-likeness (QED) is 0.847. The molecular weight excluding hydrogens is 276 g/mol. The lowest BCUT2D eigenvalue weighted by atomic mass is 9.89. The molecule has 4 heteroatoms. The Balaban J connectivity index is 2.14. The number of hydrogen-bond donors (Lipinski definition) is 2. The molecule has 1 fully saturated rings. The minimum atomic E-state index is -0.0442. The van der Waals surface area contributed by atoms with Gasteiger partial charge in [-0.2, -0.15) is 0 Å². The number of amides is 2. The zero-order chi connectivity index (χ0) is 15.9. The van der Waals surface area contributed by atoms with Crippen LogP contribution in [0, 0.1) is 5.92 Å². The number of rotatable bonds is 6. The smallest absolute Gasteiger partial charge is 0.318 e. The number of hydrogen-bond acceptors (Lipinski definition) is 2. The van der Waals surface area contributed by atoms with Crippen LogP contribution >= 0.6 is 0 Å². The zero-order valence-corrected chi connectivity index (χ0v) is 13.7. The van der Waals surface area contributed by atoms with Gasteiger partial charge in [-0.15, -0.1) is 0 Å². The lowest BCUT2D eigenvalue weighted by molar-refractivity contribution is 0.151. The first-order chi connectivity index (χ1) is 10.7. The first-order valence-corrected chi connectivity index (χ1v) is 8.44. The van der Waals surface area contributed by atoms with Crippen LogP contribution in [0.15, 0.2) is 30.3 Å². The third-order valence-electron chi connectivity index (χ3n) is 4.81. The van der Waals surface area contributed by atoms with Crippen molar-refractivity contribution in [1.29, 1.82) is 0 Å². The minimum Gasteiger partial charge on any atom is -0.394 e. The minimum absolute atomic E-state index is 0.0295. The maximum atomic E-state index is 12.6. The fourth-order valence-corrected chi connectivity index (χ4v) is 3.40. The Morgan fingerprint density at radius 3 is 2.59 bits per heavy atom. The molecule has 0 saturated carbocycles. The molecule has 1 aliphatic rings. The van der Waals surface area contributed by atoms with Gasteiger partial charge in [-0.3, -0.25) is 0 Å². The van der Waals surface area contributed by atoms with Crippen LogP contribution in [-0.2, 0) is 0 Å². The normalized spacial score (nSPS) is 19.5. The second-order valence-electron chi connectivity index (χ2n) is 6.09. The van der Waals surface area contributed by atoms with E-state index in [-0.39, 0.29) is 24.7 Å². The van der Waals surface area contributed by atoms with Crippen LogP contribution in [0.4, 0.5) is 4.79 Å². The standard InChI is InChI=1S/C18H28N2O2/c1-3-14(4-2)17(15-9-6-5-7-10-15)19-18(22)20-12-8-11-16(20)13-21/h5-7,9-10,14,16-17,21H,3-4,8,11-13H2,1-2H3,(H,19,22). The molecule has 2 rings (SSSR count). The highest BCUT2D eigenvalue weighted by Crippen LogP contribution is 2.28. The first-order valence-electron chi connectivity index (χ1n) is 8.44. The second-order valence-corrected chi connectivity index (χ2v) is 6.09. The third-order valence-corrected chi connectivity index (χ3v) is 4.81. The summed E-state index contributed by atoms with van der Waals surface area (Å²) in [7, 11) is 0. The van der Waals surface area contributed by atoms with Crippen LogP contribution in [0.1, 0.15) is 51.1 Å². The molecule has 1 heterocycles. The Kier molecular flexibility index (Phi) is 6.25. The summed E-state index contributed by atoms with van der Waals surface area (Å²) in [6.45, 7) is 5.13. The van der Waals surface area contributed by atoms with Gasteiger partial charge in [0.25, 0.3) is 0 Å². The van der Waals surface area contributed by atoms with Gasteiger partial charge in [-0.25, -0.2) is 4.79 Å². The zero-order valence-electron chi connectivity index (χ0n) is 13.7. The van der Waals surface area contributed by atoms with Crippen molar-refractivity contribution in [3.63, 3.8) is 0 Å². The molecule has 1 saturated heterocycles. The SMILES string of the molecule is CCC(CC)C(NC(=O)N1CCCC1CO)c1ccccc1. The lowest BCUT2D eigenvalue weighted by Gasteiger charge is -2.31. The molecule has 0 spiro atoms. The molecular formula is C18H28N2O2. The Morgan fingerprint density at radius 1 is 1.32 bits per heavy atom. The first kappa shape index (κ1) is 16.8. The highest BCUT2D eigenvalue weighted by molar-refractivity contribution is 5.75. The number of aliphatic hydroxyl groups excluding tert-OH is 1. The molecule has 1 aromatic carbocycles. The van der Waals surface area contributed by atoms with Crippen LogP contribution in [-0.4, -0.2) is 35.2 Å². The van der Waals surface area contributed by atoms with Crippen molar-refractivity contribution >= 4 is 6.03 Å². The number of urea groups is 1. The van der Waals surface area contributed by atoms with Crippen LogP contribution in [0.2, 0.25) is 0 Å². The summed E-state index contributed by atoms with van der Waals surface area (Å²) in [4.78, 5) is 14.4. The van der Waals surface area contributed by atoms with Gasteiger partial charge in [0.05, 0.1) is 18.7 Å². The number of nitrogens with one attached hydrogen (secondary N) is 1. The van der Waals surface area contributed by atoms with Crippen LogP contribution < -0.4 is 5.32 Å². The molecule has 2 N–H and O–H groups in total. The number of benzene rings is 1. The summed E-state index contributed by atoms with van der Waals surface area (Å²) in [5, 5.41) is 12.6. The van der Waals surface area contributed by atoms with Crippen molar-refractivity contribution in [3.05, 3.63) is 35.9 Å². The van der Waals surface area contributed by atoms with Gasteiger partial charge in [0, 0.05) is 6.54 Å². The molecule has 2 atom stereocenters. The molecule has 4 nitrogen and oxygen atoms in total. The highest BCUT2D eigenvalue weighted by Gasteiger charge is 2.31. The van der Waals surface area contributed by atoms with Crippen molar-refractivity contribution in [2.45, 2.75) is 51.6 Å². The molecule has 2 amide bonds. The number of nitrogens with zero attached hydrogens (tertiary/aromatic N) is 1. The summed E-state index contributed by atoms with van der Waals surface area (Å²) in [5.41, 5.74) is 1.16. The molecule has 0 radical (unpaired) electrons. The van der Waals surface area contributed by atoms with Crippen LogP contribution in [0.25, 0.3) is 0 Å². The van der Waals surface area contributed by atoms with Crippen LogP contribution in [0.3, 0.4) is 0 Å². The Hall–Kier alpha value is -1.55. The van der Waals surface area contributed by atoms with Gasteiger partial charge in [0.1, 0.15) is 0 Å². The fraction of sp³-hybridized carbons (Fsp3) is 0.611. The van der Waals surface area contributed by atoms with E-state index in [1.165, 1.54) is 0 Å². The fourth-order valence-electron chi connectivity index (χ4n) is 3.40. The number of carbonyl (C=O) groups is 1. The predicted molar refractivity (Wildman–Crippen MR) is 88.6 cm³/mol. The molecule has 2 unspecified atom stereocenters. The Morgan fingerprint density at radius 2 is 2.00 bits per heavy atom. The van der Waals surface area contributed by atoms with Gasteiger partial charge < -0.3 is 15.3 Å². The van der Waals surface area contributed by atoms with Crippen molar-refractivity contribution < 1.29 is 9.90 Å². The average Bonchev–Trinajstić information content (AvgIpc) is 3.04. The molecule has 0 aliphatic carbocycles. The van der Waals surface area contributed by atoms with E-state index in [2.05, 4.69) is 31.3 Å². The maximum absolute atomic E-state index is 12.6. The largest absolute Gasteiger partial charge is 0.394 e. The summed E-state index contributed by atoms with van der Waals surface area (Å²) in [6, 6.07) is 10.1. The number of aliphatic hydroxyl groups is 1. The summed E-state index contributed by atoms with van der Waals surface area (Å²) < 4.78 is 0. The van der Waals surface area contributed by atoms with E-state index in [9.17, 15) is 9.90 Å². The summed E-state index contributed by atoms with van der Waals surface area (Å²) in [5.74, 6) is 0.418. The third kappa shape index (κ3) is 3.80. The molecule has 22 heavy (non-hydrogen) atoms. The van der Waals surface area contributed by atoms with E-state index in [1.54, 1.807) is 4.90 Å².